The van der Waals surface area contributed by atoms with Crippen LogP contribution in [0.25, 0.3) is 0 Å². The van der Waals surface area contributed by atoms with E-state index in [0.29, 0.717) is 11.5 Å². The minimum Gasteiger partial charge on any atom is -0.328 e. The maximum Gasteiger partial charge on any atom is 0.147 e. The highest BCUT2D eigenvalue weighted by Gasteiger charge is 2.20. The van der Waals surface area contributed by atoms with Crippen LogP contribution < -0.4 is 4.90 Å². The maximum absolute atomic E-state index is 13.5. The van der Waals surface area contributed by atoms with E-state index in [4.69, 9.17) is 5.41 Å². The van der Waals surface area contributed by atoms with Crippen molar-refractivity contribution in [3.8, 4) is 0 Å². The molecule has 0 amide bonds. The number of hydrogen-bond donors (Lipinski definition) is 1. The SMILES string of the molecule is Cc1ccc(N2CCCC2=N)c(F)c1. The molecule has 3 heteroatoms. The first-order chi connectivity index (χ1) is 6.68. The van der Waals surface area contributed by atoms with E-state index in [-0.39, 0.29) is 5.82 Å². The number of amidine groups is 1. The van der Waals surface area contributed by atoms with Crippen LogP contribution >= 0.6 is 0 Å². The van der Waals surface area contributed by atoms with Crippen molar-refractivity contribution < 1.29 is 4.39 Å². The zero-order valence-corrected chi connectivity index (χ0v) is 8.18. The number of halogens is 1. The Labute approximate surface area is 82.9 Å². The van der Waals surface area contributed by atoms with Crippen molar-refractivity contribution in [1.82, 2.24) is 0 Å². The predicted octanol–water partition coefficient (Wildman–Crippen LogP) is 2.71. The monoisotopic (exact) mass is 192 g/mol. The van der Waals surface area contributed by atoms with Crippen LogP contribution in [0.5, 0.6) is 0 Å². The molecule has 1 aromatic rings. The Morgan fingerprint density at radius 1 is 1.43 bits per heavy atom. The van der Waals surface area contributed by atoms with Crippen molar-refractivity contribution >= 4 is 11.5 Å². The maximum atomic E-state index is 13.5. The molecule has 14 heavy (non-hydrogen) atoms. The summed E-state index contributed by atoms with van der Waals surface area (Å²) in [5.41, 5.74) is 1.45. The van der Waals surface area contributed by atoms with Crippen LogP contribution in [0.4, 0.5) is 10.1 Å². The molecule has 1 aliphatic rings. The van der Waals surface area contributed by atoms with Gasteiger partial charge < -0.3 is 4.90 Å². The fourth-order valence-electron chi connectivity index (χ4n) is 1.77. The Morgan fingerprint density at radius 3 is 2.79 bits per heavy atom. The summed E-state index contributed by atoms with van der Waals surface area (Å²) >= 11 is 0. The molecule has 0 bridgehead atoms. The number of aryl methyl sites for hydroxylation is 1. The van der Waals surface area contributed by atoms with Gasteiger partial charge in [0, 0.05) is 13.0 Å². The molecular formula is C11H13FN2. The molecule has 0 aliphatic carbocycles. The van der Waals surface area contributed by atoms with Gasteiger partial charge in [-0.05, 0) is 31.0 Å². The lowest BCUT2D eigenvalue weighted by Crippen LogP contribution is -2.24. The van der Waals surface area contributed by atoms with Gasteiger partial charge in [0.2, 0.25) is 0 Å². The summed E-state index contributed by atoms with van der Waals surface area (Å²) in [5.74, 6) is 0.296. The Hall–Kier alpha value is -1.38. The van der Waals surface area contributed by atoms with E-state index >= 15 is 0 Å². The summed E-state index contributed by atoms with van der Waals surface area (Å²) in [6, 6.07) is 5.15. The first-order valence-corrected chi connectivity index (χ1v) is 4.79. The largest absolute Gasteiger partial charge is 0.328 e. The van der Waals surface area contributed by atoms with Crippen LogP contribution in [0.15, 0.2) is 18.2 Å². The first-order valence-electron chi connectivity index (χ1n) is 4.79. The molecule has 1 fully saturated rings. The van der Waals surface area contributed by atoms with Gasteiger partial charge in [0.1, 0.15) is 11.7 Å². The van der Waals surface area contributed by atoms with E-state index in [1.807, 2.05) is 13.0 Å². The fourth-order valence-corrected chi connectivity index (χ4v) is 1.77. The molecule has 1 aromatic carbocycles. The number of nitrogens with zero attached hydrogens (tertiary/aromatic N) is 1. The average molecular weight is 192 g/mol. The van der Waals surface area contributed by atoms with E-state index in [9.17, 15) is 4.39 Å². The third-order valence-corrected chi connectivity index (χ3v) is 2.52. The highest BCUT2D eigenvalue weighted by atomic mass is 19.1. The summed E-state index contributed by atoms with van der Waals surface area (Å²) in [5, 5.41) is 7.65. The van der Waals surface area contributed by atoms with E-state index in [1.54, 1.807) is 11.0 Å². The van der Waals surface area contributed by atoms with Gasteiger partial charge in [-0.25, -0.2) is 4.39 Å². The van der Waals surface area contributed by atoms with Crippen molar-refractivity contribution in [3.63, 3.8) is 0 Å². The van der Waals surface area contributed by atoms with Gasteiger partial charge in [-0.1, -0.05) is 6.07 Å². The van der Waals surface area contributed by atoms with Crippen LogP contribution in [0.3, 0.4) is 0 Å². The van der Waals surface area contributed by atoms with Crippen LogP contribution in [-0.4, -0.2) is 12.4 Å². The van der Waals surface area contributed by atoms with Gasteiger partial charge in [-0.2, -0.15) is 0 Å². The second-order valence-electron chi connectivity index (χ2n) is 3.66. The second-order valence-corrected chi connectivity index (χ2v) is 3.66. The smallest absolute Gasteiger partial charge is 0.147 e. The molecule has 1 saturated heterocycles. The summed E-state index contributed by atoms with van der Waals surface area (Å²) in [7, 11) is 0. The lowest BCUT2D eigenvalue weighted by Gasteiger charge is -2.18. The number of nitrogens with one attached hydrogen (secondary N) is 1. The molecule has 0 atom stereocenters. The number of rotatable bonds is 1. The van der Waals surface area contributed by atoms with E-state index < -0.39 is 0 Å². The normalized spacial score (nSPS) is 16.4. The molecule has 2 rings (SSSR count). The number of benzene rings is 1. The Morgan fingerprint density at radius 2 is 2.21 bits per heavy atom. The van der Waals surface area contributed by atoms with Gasteiger partial charge in [-0.15, -0.1) is 0 Å². The van der Waals surface area contributed by atoms with Crippen molar-refractivity contribution in [2.24, 2.45) is 0 Å². The molecular weight excluding hydrogens is 179 g/mol. The van der Waals surface area contributed by atoms with Crippen LogP contribution in [-0.2, 0) is 0 Å². The molecule has 0 aromatic heterocycles. The highest BCUT2D eigenvalue weighted by Crippen LogP contribution is 2.24. The molecule has 1 N–H and O–H groups in total. The topological polar surface area (TPSA) is 27.1 Å². The van der Waals surface area contributed by atoms with Crippen LogP contribution in [0, 0.1) is 18.2 Å². The van der Waals surface area contributed by atoms with E-state index in [1.165, 1.54) is 6.07 Å². The second kappa shape index (κ2) is 3.40. The van der Waals surface area contributed by atoms with Crippen molar-refractivity contribution in [3.05, 3.63) is 29.6 Å². The zero-order valence-electron chi connectivity index (χ0n) is 8.18. The predicted molar refractivity (Wildman–Crippen MR) is 55.4 cm³/mol. The molecule has 0 radical (unpaired) electrons. The van der Waals surface area contributed by atoms with Crippen molar-refractivity contribution in [2.45, 2.75) is 19.8 Å². The van der Waals surface area contributed by atoms with Crippen molar-refractivity contribution in [1.29, 1.82) is 5.41 Å². The Balaban J connectivity index is 2.36. The van der Waals surface area contributed by atoms with Crippen LogP contribution in [0.1, 0.15) is 18.4 Å². The summed E-state index contributed by atoms with van der Waals surface area (Å²) in [6.07, 6.45) is 1.71. The lowest BCUT2D eigenvalue weighted by molar-refractivity contribution is 0.625. The van der Waals surface area contributed by atoms with Crippen LogP contribution in [0.2, 0.25) is 0 Å². The van der Waals surface area contributed by atoms with Crippen molar-refractivity contribution in [2.75, 3.05) is 11.4 Å². The summed E-state index contributed by atoms with van der Waals surface area (Å²) in [4.78, 5) is 1.74. The molecule has 2 nitrogen and oxygen atoms in total. The van der Waals surface area contributed by atoms with Gasteiger partial charge in [0.15, 0.2) is 0 Å². The zero-order chi connectivity index (χ0) is 10.1. The van der Waals surface area contributed by atoms with E-state index in [0.717, 1.165) is 24.9 Å². The Kier molecular flexibility index (Phi) is 2.23. The quantitative estimate of drug-likeness (QED) is 0.727. The molecule has 0 saturated carbocycles. The third-order valence-electron chi connectivity index (χ3n) is 2.52. The molecule has 1 heterocycles. The molecule has 74 valence electrons. The molecule has 0 unspecified atom stereocenters. The average Bonchev–Trinajstić information content (AvgIpc) is 2.52. The molecule has 1 aliphatic heterocycles. The van der Waals surface area contributed by atoms with Gasteiger partial charge in [0.25, 0.3) is 0 Å². The first kappa shape index (κ1) is 9.19. The van der Waals surface area contributed by atoms with E-state index in [2.05, 4.69) is 0 Å². The minimum atomic E-state index is -0.225. The van der Waals surface area contributed by atoms with Gasteiger partial charge in [0.05, 0.1) is 5.69 Å². The lowest BCUT2D eigenvalue weighted by atomic mass is 10.2. The highest BCUT2D eigenvalue weighted by molar-refractivity contribution is 5.97. The molecule has 0 spiro atoms. The van der Waals surface area contributed by atoms with Gasteiger partial charge >= 0.3 is 0 Å². The number of anilines is 1. The standard InChI is InChI=1S/C11H13FN2/c1-8-4-5-10(9(12)7-8)14-6-2-3-11(14)13/h4-5,7,13H,2-3,6H2,1H3. The number of hydrogen-bond acceptors (Lipinski definition) is 1. The van der Waals surface area contributed by atoms with Gasteiger partial charge in [-0.3, -0.25) is 5.41 Å². The fraction of sp³-hybridized carbons (Fsp3) is 0.364. The minimum absolute atomic E-state index is 0.225. The third kappa shape index (κ3) is 1.50. The Bertz CT molecular complexity index is 374. The summed E-state index contributed by atoms with van der Waals surface area (Å²) < 4.78 is 13.5. The summed E-state index contributed by atoms with van der Waals surface area (Å²) in [6.45, 7) is 2.63.